The number of carbonyl (C=O) groups excluding carboxylic acids is 3. The molecule has 6 aromatic rings. The molecule has 4 saturated heterocycles. The van der Waals surface area contributed by atoms with Crippen LogP contribution < -0.4 is 25.6 Å². The van der Waals surface area contributed by atoms with E-state index in [1.54, 1.807) is 11.3 Å². The van der Waals surface area contributed by atoms with E-state index >= 15 is 4.39 Å². The average molecular weight is 1110 g/mol. The van der Waals surface area contributed by atoms with Crippen LogP contribution in [-0.2, 0) is 14.4 Å². The molecule has 18 heteroatoms. The minimum Gasteiger partial charge on any atom is -0.508 e. The zero-order chi connectivity index (χ0) is 56.8. The number of carbonyl (C=O) groups is 3. The van der Waals surface area contributed by atoms with E-state index < -0.39 is 17.7 Å². The molecule has 4 fully saturated rings. The third-order valence-electron chi connectivity index (χ3n) is 16.1. The van der Waals surface area contributed by atoms with Gasteiger partial charge in [0.25, 0.3) is 0 Å². The van der Waals surface area contributed by atoms with Gasteiger partial charge in [-0.1, -0.05) is 82.0 Å². The van der Waals surface area contributed by atoms with E-state index in [0.717, 1.165) is 101 Å². The Morgan fingerprint density at radius 2 is 1.77 bits per heavy atom. The van der Waals surface area contributed by atoms with Crippen LogP contribution in [0.3, 0.4) is 0 Å². The van der Waals surface area contributed by atoms with Crippen molar-refractivity contribution < 1.29 is 33.0 Å². The second-order valence-corrected chi connectivity index (χ2v) is 23.9. The number of hydrogen-bond acceptors (Lipinski definition) is 14. The first-order valence-corrected chi connectivity index (χ1v) is 28.9. The van der Waals surface area contributed by atoms with Crippen molar-refractivity contribution in [2.24, 2.45) is 5.41 Å². The number of nitrogens with zero attached hydrogens (tertiary/aromatic N) is 7. The molecular weight excluding hydrogens is 1030 g/mol. The number of fused-ring (bicyclic) bond motifs is 4. The van der Waals surface area contributed by atoms with Gasteiger partial charge in [-0.3, -0.25) is 24.4 Å². The summed E-state index contributed by atoms with van der Waals surface area (Å²) in [6.07, 6.45) is 16.8. The molecule has 3 aromatic heterocycles. The lowest BCUT2D eigenvalue weighted by molar-refractivity contribution is -0.126. The van der Waals surface area contributed by atoms with Crippen molar-refractivity contribution in [3.63, 3.8) is 0 Å². The Kier molecular flexibility index (Phi) is 18.2. The van der Waals surface area contributed by atoms with E-state index in [9.17, 15) is 23.9 Å². The van der Waals surface area contributed by atoms with Crippen LogP contribution in [0.1, 0.15) is 115 Å². The number of unbranched alkanes of at least 4 members (excludes halogenated alkanes) is 3. The monoisotopic (exact) mass is 1110 g/mol. The molecule has 15 nitrogen and oxygen atoms in total. The number of thiazole rings is 1. The fraction of sp³-hybridized carbons (Fsp3) is 0.468. The van der Waals surface area contributed by atoms with E-state index in [2.05, 4.69) is 82.4 Å². The Morgan fingerprint density at radius 1 is 1.02 bits per heavy atom. The zero-order valence-corrected chi connectivity index (χ0v) is 47.6. The quantitative estimate of drug-likeness (QED) is 0.0277. The number of likely N-dealkylation sites (N-methyl/N-ethyl adjacent to an activating group) is 1. The summed E-state index contributed by atoms with van der Waals surface area (Å²) in [6, 6.07) is 14.1. The number of phenols is 1. The van der Waals surface area contributed by atoms with Gasteiger partial charge in [-0.05, 0) is 119 Å². The maximum Gasteiger partial charge on any atom is 0.319 e. The number of aldehydes is 1. The topological polar surface area (TPSA) is 178 Å². The summed E-state index contributed by atoms with van der Waals surface area (Å²) < 4.78 is 38.2. The Bertz CT molecular complexity index is 3270. The number of halogens is 2. The fourth-order valence-electron chi connectivity index (χ4n) is 11.6. The van der Waals surface area contributed by atoms with Crippen LogP contribution >= 0.6 is 11.3 Å². The summed E-state index contributed by atoms with van der Waals surface area (Å²) in [5, 5.41) is 21.4. The van der Waals surface area contributed by atoms with Gasteiger partial charge in [-0.2, -0.15) is 9.97 Å². The Balaban J connectivity index is 0.000000280. The summed E-state index contributed by atoms with van der Waals surface area (Å²) in [5.74, 6) is 1.41. The average Bonchev–Trinajstić information content (AvgIpc) is 4.37. The summed E-state index contributed by atoms with van der Waals surface area (Å²) >= 11 is 1.66. The van der Waals surface area contributed by atoms with Gasteiger partial charge < -0.3 is 35.5 Å². The fourth-order valence-corrected chi connectivity index (χ4v) is 12.4. The van der Waals surface area contributed by atoms with Crippen LogP contribution in [0, 0.1) is 36.3 Å². The van der Waals surface area contributed by atoms with Crippen LogP contribution in [0.2, 0.25) is 0 Å². The highest BCUT2D eigenvalue weighted by molar-refractivity contribution is 7.13. The van der Waals surface area contributed by atoms with Crippen LogP contribution in [0.4, 0.5) is 14.6 Å². The lowest BCUT2D eigenvalue weighted by atomic mass is 9.87. The summed E-state index contributed by atoms with van der Waals surface area (Å²) in [5.41, 5.74) is 5.99. The number of terminal acetylenes is 1. The first kappa shape index (κ1) is 57.8. The number of aromatic nitrogens is 4. The van der Waals surface area contributed by atoms with Crippen LogP contribution in [0.25, 0.3) is 43.4 Å². The third kappa shape index (κ3) is 13.3. The largest absolute Gasteiger partial charge is 0.508 e. The van der Waals surface area contributed by atoms with Gasteiger partial charge in [0, 0.05) is 61.3 Å². The normalized spacial score (nSPS) is 20.1. The second-order valence-electron chi connectivity index (χ2n) is 23.1. The number of hydrogen-bond donors (Lipinski definition) is 4. The SMILES string of the molecule is C#Cc1c(F)ccc2cc(O)cc(-c3ncc4c(N5CC6CCC(C5)N6)nc(OCC5CC(=C)CN5CCCCCCC(=O)NC(C=O)C(C)(C)C)nc4c3F)c12.Cc1ncsc1-c1ccc(C(C)NC(=O)C2CCCN2C)cc1. The molecule has 4 aliphatic rings. The van der Waals surface area contributed by atoms with Crippen LogP contribution in [0.5, 0.6) is 11.8 Å². The number of ether oxygens (including phenoxy) is 1. The third-order valence-corrected chi connectivity index (χ3v) is 17.0. The van der Waals surface area contributed by atoms with Crippen LogP contribution in [-0.4, -0.2) is 130 Å². The number of benzene rings is 3. The minimum atomic E-state index is -0.760. The summed E-state index contributed by atoms with van der Waals surface area (Å²) in [4.78, 5) is 62.4. The zero-order valence-electron chi connectivity index (χ0n) is 46.8. The van der Waals surface area contributed by atoms with Crippen molar-refractivity contribution in [3.8, 4) is 45.8 Å². The molecule has 4 aliphatic heterocycles. The Morgan fingerprint density at radius 3 is 2.45 bits per heavy atom. The molecule has 0 saturated carbocycles. The molecule has 422 valence electrons. The molecule has 10 rings (SSSR count). The van der Waals surface area contributed by atoms with E-state index in [1.165, 1.54) is 40.9 Å². The lowest BCUT2D eigenvalue weighted by Gasteiger charge is -2.34. The van der Waals surface area contributed by atoms with Gasteiger partial charge >= 0.3 is 6.01 Å². The molecule has 7 heterocycles. The van der Waals surface area contributed by atoms with Gasteiger partial charge in [0.15, 0.2) is 5.82 Å². The summed E-state index contributed by atoms with van der Waals surface area (Å²) in [6.45, 7) is 18.3. The highest BCUT2D eigenvalue weighted by atomic mass is 32.1. The number of aromatic hydroxyl groups is 1. The van der Waals surface area contributed by atoms with Crippen LogP contribution in [0.15, 0.2) is 72.4 Å². The predicted octanol–water partition coefficient (Wildman–Crippen LogP) is 9.83. The van der Waals surface area contributed by atoms with E-state index in [4.69, 9.17) is 16.1 Å². The molecule has 0 aliphatic carbocycles. The molecule has 0 spiro atoms. The first-order valence-electron chi connectivity index (χ1n) is 28.0. The smallest absolute Gasteiger partial charge is 0.319 e. The number of nitrogens with one attached hydrogen (secondary N) is 3. The maximum absolute atomic E-state index is 17.0. The molecule has 80 heavy (non-hydrogen) atoms. The maximum atomic E-state index is 17.0. The van der Waals surface area contributed by atoms with Crippen molar-refractivity contribution >= 4 is 56.9 Å². The van der Waals surface area contributed by atoms with Crippen molar-refractivity contribution in [3.05, 3.63) is 101 Å². The highest BCUT2D eigenvalue weighted by Gasteiger charge is 2.35. The number of anilines is 1. The number of rotatable bonds is 18. The number of phenolic OH excluding ortho intramolecular Hbond substituents is 1. The van der Waals surface area contributed by atoms with Gasteiger partial charge in [0.2, 0.25) is 11.8 Å². The molecule has 2 bridgehead atoms. The first-order chi connectivity index (χ1) is 38.4. The Labute approximate surface area is 472 Å². The van der Waals surface area contributed by atoms with Crippen molar-refractivity contribution in [2.75, 3.05) is 51.3 Å². The van der Waals surface area contributed by atoms with Crippen molar-refractivity contribution in [1.29, 1.82) is 0 Å². The van der Waals surface area contributed by atoms with E-state index in [-0.39, 0.29) is 93.5 Å². The molecule has 6 atom stereocenters. The predicted molar refractivity (Wildman–Crippen MR) is 312 cm³/mol. The van der Waals surface area contributed by atoms with Crippen molar-refractivity contribution in [1.82, 2.24) is 45.7 Å². The highest BCUT2D eigenvalue weighted by Crippen LogP contribution is 2.40. The van der Waals surface area contributed by atoms with E-state index in [1.807, 2.05) is 47.2 Å². The number of pyridine rings is 1. The molecule has 0 radical (unpaired) electrons. The number of amides is 2. The molecule has 4 N–H and O–H groups in total. The van der Waals surface area contributed by atoms with Gasteiger partial charge in [0.05, 0.1) is 45.2 Å². The molecule has 6 unspecified atom stereocenters. The minimum absolute atomic E-state index is 0.00230. The number of aryl methyl sites for hydroxylation is 1. The molecule has 2 amide bonds. The Hall–Kier alpha value is -6.91. The molecule has 3 aromatic carbocycles. The van der Waals surface area contributed by atoms with Gasteiger partial charge in [0.1, 0.15) is 41.5 Å². The second kappa shape index (κ2) is 25.3. The molecular formula is C62H74F2N10O5S. The van der Waals surface area contributed by atoms with Gasteiger partial charge in [-0.25, -0.2) is 13.8 Å². The number of likely N-dealkylation sites (tertiary alicyclic amines) is 2. The lowest BCUT2D eigenvalue weighted by Crippen LogP contribution is -2.51. The standard InChI is InChI=1S/C44H51F2N7O4.C18H23N3OS/c1-6-32-35(45)15-12-27-18-31(55)19-33(38(27)32)40-39(46)41-34(20-47-40)42(53-22-28-13-14-29(23-53)48-28)51-43(50-41)57-25-30-17-26(2)21-52(30)16-10-8-7-9-11-37(56)49-36(24-54)44(3,4)5;1-12(20-18(22)16-5-4-10-21(16)3)14-6-8-15(9-7-14)17-13(2)19-11-23-17/h1,12,15,18-20,24,28-30,36,48,55H,2,7-11,13-14,16-17,21-23,25H2,3-5H3,(H,49,56);6-9,11-12,16H,4-5,10H2,1-3H3,(H,20,22). The van der Waals surface area contributed by atoms with Gasteiger partial charge in [-0.15, -0.1) is 17.8 Å². The summed E-state index contributed by atoms with van der Waals surface area (Å²) in [7, 11) is 2.02. The number of piperazine rings is 1. The van der Waals surface area contributed by atoms with Crippen molar-refractivity contribution in [2.45, 2.75) is 135 Å². The van der Waals surface area contributed by atoms with E-state index in [0.29, 0.717) is 36.1 Å².